The molecule has 92 valence electrons. The fourth-order valence-electron chi connectivity index (χ4n) is 2.82. The molecule has 0 unspecified atom stereocenters. The van der Waals surface area contributed by atoms with Gasteiger partial charge in [-0.05, 0) is 55.8 Å². The number of piperidine rings is 1. The molecule has 0 aromatic heterocycles. The molecule has 0 bridgehead atoms. The lowest BCUT2D eigenvalue weighted by Gasteiger charge is -2.30. The van der Waals surface area contributed by atoms with E-state index in [1.807, 2.05) is 0 Å². The molecule has 1 aliphatic carbocycles. The summed E-state index contributed by atoms with van der Waals surface area (Å²) < 4.78 is 0. The minimum absolute atomic E-state index is 0.435. The van der Waals surface area contributed by atoms with Crippen molar-refractivity contribution in [2.45, 2.75) is 44.2 Å². The molecule has 2 fully saturated rings. The Morgan fingerprint density at radius 1 is 1.06 bits per heavy atom. The largest absolute Gasteiger partial charge is 0.328 e. The topological polar surface area (TPSA) is 29.3 Å². The number of nitrogens with zero attached hydrogens (tertiary/aromatic N) is 1. The highest BCUT2D eigenvalue weighted by atomic mass is 15.1. The van der Waals surface area contributed by atoms with E-state index in [4.69, 9.17) is 5.73 Å². The highest BCUT2D eigenvalue weighted by molar-refractivity contribution is 5.33. The first-order valence-corrected chi connectivity index (χ1v) is 6.88. The van der Waals surface area contributed by atoms with Crippen LogP contribution in [0.15, 0.2) is 24.3 Å². The first-order chi connectivity index (χ1) is 8.33. The van der Waals surface area contributed by atoms with E-state index in [9.17, 15) is 0 Å². The van der Waals surface area contributed by atoms with Gasteiger partial charge in [0, 0.05) is 12.6 Å². The van der Waals surface area contributed by atoms with E-state index in [1.54, 1.807) is 11.1 Å². The van der Waals surface area contributed by atoms with Crippen molar-refractivity contribution in [2.75, 3.05) is 13.1 Å². The molecule has 2 heteroatoms. The summed E-state index contributed by atoms with van der Waals surface area (Å²) in [5.41, 5.74) is 9.10. The predicted molar refractivity (Wildman–Crippen MR) is 70.9 cm³/mol. The van der Waals surface area contributed by atoms with Crippen LogP contribution in [-0.4, -0.2) is 24.0 Å². The average molecular weight is 230 g/mol. The fourth-order valence-corrected chi connectivity index (χ4v) is 2.82. The maximum Gasteiger partial charge on any atom is 0.0236 e. The van der Waals surface area contributed by atoms with Crippen LogP contribution in [0.2, 0.25) is 0 Å². The van der Waals surface area contributed by atoms with Crippen LogP contribution >= 0.6 is 0 Å². The summed E-state index contributed by atoms with van der Waals surface area (Å²) in [4.78, 5) is 2.56. The molecule has 2 aliphatic rings. The standard InChI is InChI=1S/C15H22N2/c16-14-7-9-17(10-8-14)11-13-3-1-2-4-15(13)12-5-6-12/h1-4,12,14H,5-11,16H2. The molecule has 0 spiro atoms. The zero-order valence-corrected chi connectivity index (χ0v) is 10.4. The molecule has 0 atom stereocenters. The molecule has 0 radical (unpaired) electrons. The predicted octanol–water partition coefficient (Wildman–Crippen LogP) is 2.49. The van der Waals surface area contributed by atoms with Crippen molar-refractivity contribution >= 4 is 0 Å². The Balaban J connectivity index is 1.68. The van der Waals surface area contributed by atoms with E-state index in [2.05, 4.69) is 29.2 Å². The van der Waals surface area contributed by atoms with Crippen molar-refractivity contribution in [3.05, 3.63) is 35.4 Å². The summed E-state index contributed by atoms with van der Waals surface area (Å²) in [6.45, 7) is 3.46. The highest BCUT2D eigenvalue weighted by Crippen LogP contribution is 2.41. The number of likely N-dealkylation sites (tertiary alicyclic amines) is 1. The van der Waals surface area contributed by atoms with Gasteiger partial charge in [-0.1, -0.05) is 24.3 Å². The summed E-state index contributed by atoms with van der Waals surface area (Å²) in [6, 6.07) is 9.43. The minimum atomic E-state index is 0.435. The van der Waals surface area contributed by atoms with E-state index in [-0.39, 0.29) is 0 Å². The Labute approximate surface area is 104 Å². The quantitative estimate of drug-likeness (QED) is 0.864. The Morgan fingerprint density at radius 3 is 2.47 bits per heavy atom. The van der Waals surface area contributed by atoms with E-state index in [0.29, 0.717) is 6.04 Å². The van der Waals surface area contributed by atoms with Crippen molar-refractivity contribution in [1.82, 2.24) is 4.90 Å². The Hall–Kier alpha value is -0.860. The van der Waals surface area contributed by atoms with Crippen LogP contribution < -0.4 is 5.73 Å². The second-order valence-corrected chi connectivity index (χ2v) is 5.59. The summed E-state index contributed by atoms with van der Waals surface area (Å²) in [5, 5.41) is 0. The molecule has 1 aromatic carbocycles. The summed E-state index contributed by atoms with van der Waals surface area (Å²) in [7, 11) is 0. The van der Waals surface area contributed by atoms with Crippen molar-refractivity contribution < 1.29 is 0 Å². The Kier molecular flexibility index (Phi) is 3.17. The first kappa shape index (κ1) is 11.2. The Morgan fingerprint density at radius 2 is 1.76 bits per heavy atom. The smallest absolute Gasteiger partial charge is 0.0236 e. The normalized spacial score (nSPS) is 22.9. The summed E-state index contributed by atoms with van der Waals surface area (Å²) >= 11 is 0. The van der Waals surface area contributed by atoms with Crippen LogP contribution in [-0.2, 0) is 6.54 Å². The molecule has 3 rings (SSSR count). The van der Waals surface area contributed by atoms with Gasteiger partial charge >= 0.3 is 0 Å². The van der Waals surface area contributed by atoms with Crippen LogP contribution in [0.1, 0.15) is 42.7 Å². The van der Waals surface area contributed by atoms with Gasteiger partial charge in [0.15, 0.2) is 0 Å². The third-order valence-corrected chi connectivity index (χ3v) is 4.10. The van der Waals surface area contributed by atoms with Crippen molar-refractivity contribution in [3.8, 4) is 0 Å². The molecular weight excluding hydrogens is 208 g/mol. The van der Waals surface area contributed by atoms with Crippen LogP contribution in [0.3, 0.4) is 0 Å². The highest BCUT2D eigenvalue weighted by Gasteiger charge is 2.26. The number of hydrogen-bond donors (Lipinski definition) is 1. The molecule has 1 saturated carbocycles. The summed E-state index contributed by atoms with van der Waals surface area (Å²) in [6.07, 6.45) is 5.10. The second kappa shape index (κ2) is 4.79. The van der Waals surface area contributed by atoms with Crippen molar-refractivity contribution in [3.63, 3.8) is 0 Å². The third-order valence-electron chi connectivity index (χ3n) is 4.10. The van der Waals surface area contributed by atoms with E-state index in [0.717, 1.165) is 25.3 Å². The monoisotopic (exact) mass is 230 g/mol. The van der Waals surface area contributed by atoms with Gasteiger partial charge in [-0.25, -0.2) is 0 Å². The van der Waals surface area contributed by atoms with Crippen LogP contribution in [0, 0.1) is 0 Å². The number of benzene rings is 1. The van der Waals surface area contributed by atoms with Gasteiger partial charge in [0.25, 0.3) is 0 Å². The molecule has 1 saturated heterocycles. The Bertz CT molecular complexity index is 376. The maximum atomic E-state index is 5.95. The molecule has 1 aromatic rings. The number of rotatable bonds is 3. The number of hydrogen-bond acceptors (Lipinski definition) is 2. The van der Waals surface area contributed by atoms with Gasteiger partial charge in [0.05, 0.1) is 0 Å². The first-order valence-electron chi connectivity index (χ1n) is 6.88. The van der Waals surface area contributed by atoms with Crippen LogP contribution in [0.4, 0.5) is 0 Å². The molecular formula is C15H22N2. The fraction of sp³-hybridized carbons (Fsp3) is 0.600. The summed E-state index contributed by atoms with van der Waals surface area (Å²) in [5.74, 6) is 0.859. The van der Waals surface area contributed by atoms with E-state index < -0.39 is 0 Å². The van der Waals surface area contributed by atoms with Crippen molar-refractivity contribution in [2.24, 2.45) is 5.73 Å². The lowest BCUT2D eigenvalue weighted by atomic mass is 10.0. The molecule has 17 heavy (non-hydrogen) atoms. The van der Waals surface area contributed by atoms with E-state index >= 15 is 0 Å². The zero-order valence-electron chi connectivity index (χ0n) is 10.4. The lowest BCUT2D eigenvalue weighted by molar-refractivity contribution is 0.205. The van der Waals surface area contributed by atoms with Crippen molar-refractivity contribution in [1.29, 1.82) is 0 Å². The number of nitrogens with two attached hydrogens (primary N) is 1. The van der Waals surface area contributed by atoms with Crippen LogP contribution in [0.5, 0.6) is 0 Å². The maximum absolute atomic E-state index is 5.95. The van der Waals surface area contributed by atoms with Crippen LogP contribution in [0.25, 0.3) is 0 Å². The SMILES string of the molecule is NC1CCN(Cc2ccccc2C2CC2)CC1. The molecule has 2 nitrogen and oxygen atoms in total. The van der Waals surface area contributed by atoms with Gasteiger partial charge in [-0.2, -0.15) is 0 Å². The van der Waals surface area contributed by atoms with Gasteiger partial charge in [-0.3, -0.25) is 4.90 Å². The van der Waals surface area contributed by atoms with E-state index in [1.165, 1.54) is 25.9 Å². The minimum Gasteiger partial charge on any atom is -0.328 e. The molecule has 1 heterocycles. The van der Waals surface area contributed by atoms with Gasteiger partial charge in [-0.15, -0.1) is 0 Å². The molecule has 0 amide bonds. The zero-order chi connectivity index (χ0) is 11.7. The van der Waals surface area contributed by atoms with Gasteiger partial charge in [0.2, 0.25) is 0 Å². The molecule has 1 aliphatic heterocycles. The van der Waals surface area contributed by atoms with Gasteiger partial charge < -0.3 is 5.73 Å². The van der Waals surface area contributed by atoms with Gasteiger partial charge in [0.1, 0.15) is 0 Å². The average Bonchev–Trinajstić information content (AvgIpc) is 3.17. The second-order valence-electron chi connectivity index (χ2n) is 5.59. The lowest BCUT2D eigenvalue weighted by Crippen LogP contribution is -2.39. The third kappa shape index (κ3) is 2.70. The molecule has 2 N–H and O–H groups in total.